The summed E-state index contributed by atoms with van der Waals surface area (Å²) >= 11 is 0.869. The summed E-state index contributed by atoms with van der Waals surface area (Å²) in [5, 5.41) is 26.1. The number of amides is 2. The maximum Gasteiger partial charge on any atom is 0.481 e. The number of aliphatic hydroxyl groups is 2. The number of carbonyl (C=O) groups excluding carboxylic acids is 4. The molecule has 2 aromatic heterocycles. The number of rotatable bonds is 23. The minimum absolute atomic E-state index is 0.0111. The molecule has 1 aliphatic heterocycles. The molecule has 0 spiro atoms. The molecule has 0 aliphatic carbocycles. The lowest BCUT2D eigenvalue weighted by Crippen LogP contribution is -2.46. The molecule has 0 radical (unpaired) electrons. The number of imidazole rings is 1. The monoisotopic (exact) mass is 891 g/mol. The van der Waals surface area contributed by atoms with Gasteiger partial charge in [-0.05, 0) is 6.92 Å². The molecule has 10 N–H and O–H groups in total. The number of nitrogens with one attached hydrogen (secondary N) is 2. The Bertz CT molecular complexity index is 1950. The predicted molar refractivity (Wildman–Crippen MR) is 196 cm³/mol. The van der Waals surface area contributed by atoms with Gasteiger partial charge in [0.1, 0.15) is 42.0 Å². The van der Waals surface area contributed by atoms with Crippen LogP contribution in [0.5, 0.6) is 0 Å². The Morgan fingerprint density at radius 2 is 1.77 bits per heavy atom. The second kappa shape index (κ2) is 19.8. The van der Waals surface area contributed by atoms with Crippen molar-refractivity contribution >= 4 is 74.9 Å². The average molecular weight is 892 g/mol. The van der Waals surface area contributed by atoms with Gasteiger partial charge in [0, 0.05) is 37.1 Å². The van der Waals surface area contributed by atoms with Gasteiger partial charge in [-0.25, -0.2) is 28.6 Å². The molecule has 1 aliphatic rings. The molecule has 7 unspecified atom stereocenters. The lowest BCUT2D eigenvalue weighted by Gasteiger charge is -2.30. The number of hydrogen-bond donors (Lipinski definition) is 9. The molecule has 0 saturated carbocycles. The number of nitrogens with two attached hydrogens (primary N) is 1. The minimum Gasteiger partial charge on any atom is -0.385 e. The van der Waals surface area contributed by atoms with Gasteiger partial charge in [0.2, 0.25) is 11.8 Å². The Morgan fingerprint density at radius 1 is 1.11 bits per heavy atom. The van der Waals surface area contributed by atoms with Crippen LogP contribution in [0.25, 0.3) is 11.2 Å². The van der Waals surface area contributed by atoms with Crippen molar-refractivity contribution in [2.24, 2.45) is 5.41 Å². The summed E-state index contributed by atoms with van der Waals surface area (Å²) in [6.45, 7) is 4.90. The van der Waals surface area contributed by atoms with Gasteiger partial charge in [-0.1, -0.05) is 31.7 Å². The van der Waals surface area contributed by atoms with Crippen molar-refractivity contribution in [3.63, 3.8) is 0 Å². The number of ketones is 1. The number of nitrogen functional groups attached to an aromatic ring is 1. The first-order valence-corrected chi connectivity index (χ1v) is 22.0. The lowest BCUT2D eigenvalue weighted by molar-refractivity contribution is -0.137. The molecular formula is C28H44N7O18P3S. The first-order valence-electron chi connectivity index (χ1n) is 16.5. The molecule has 0 aromatic carbocycles. The summed E-state index contributed by atoms with van der Waals surface area (Å²) < 4.78 is 62.6. The number of phosphoric ester groups is 3. The summed E-state index contributed by atoms with van der Waals surface area (Å²) in [6.07, 6.45) is -4.42. The quantitative estimate of drug-likeness (QED) is 0.0290. The number of anilines is 1. The highest BCUT2D eigenvalue weighted by atomic mass is 32.2. The van der Waals surface area contributed by atoms with Crippen LogP contribution in [0.15, 0.2) is 25.3 Å². The Hall–Kier alpha value is -3.03. The van der Waals surface area contributed by atoms with Crippen LogP contribution in [0.2, 0.25) is 0 Å². The molecule has 2 amide bonds. The van der Waals surface area contributed by atoms with E-state index >= 15 is 0 Å². The van der Waals surface area contributed by atoms with Gasteiger partial charge in [0.25, 0.3) is 0 Å². The molecule has 2 aromatic rings. The summed E-state index contributed by atoms with van der Waals surface area (Å²) in [4.78, 5) is 99.1. The van der Waals surface area contributed by atoms with Crippen molar-refractivity contribution in [3.8, 4) is 0 Å². The molecule has 25 nitrogen and oxygen atoms in total. The molecule has 29 heteroatoms. The molecular weight excluding hydrogens is 847 g/mol. The average Bonchev–Trinajstić information content (AvgIpc) is 3.64. The smallest absolute Gasteiger partial charge is 0.385 e. The highest BCUT2D eigenvalue weighted by molar-refractivity contribution is 8.13. The summed E-state index contributed by atoms with van der Waals surface area (Å²) in [7, 11) is -16.5. The third-order valence-electron chi connectivity index (χ3n) is 7.96. The first-order chi connectivity index (χ1) is 26.3. The fourth-order valence-corrected chi connectivity index (χ4v) is 8.57. The Kier molecular flexibility index (Phi) is 16.8. The number of phosphoric acid groups is 3. The third kappa shape index (κ3) is 14.0. The van der Waals surface area contributed by atoms with Crippen LogP contribution in [0.3, 0.4) is 0 Å². The normalized spacial score (nSPS) is 22.6. The van der Waals surface area contributed by atoms with Gasteiger partial charge in [0.05, 0.1) is 26.0 Å². The summed E-state index contributed by atoms with van der Waals surface area (Å²) in [6, 6.07) is 0. The molecule has 57 heavy (non-hydrogen) atoms. The van der Waals surface area contributed by atoms with E-state index in [0.29, 0.717) is 0 Å². The first kappa shape index (κ1) is 48.3. The summed E-state index contributed by atoms with van der Waals surface area (Å²) in [5.74, 6) is -1.64. The zero-order valence-electron chi connectivity index (χ0n) is 30.6. The predicted octanol–water partition coefficient (Wildman–Crippen LogP) is -0.626. The van der Waals surface area contributed by atoms with Crippen molar-refractivity contribution in [1.82, 2.24) is 30.2 Å². The van der Waals surface area contributed by atoms with Crippen LogP contribution in [0.1, 0.15) is 40.0 Å². The van der Waals surface area contributed by atoms with Crippen molar-refractivity contribution in [3.05, 3.63) is 25.3 Å². The van der Waals surface area contributed by atoms with Crippen LogP contribution < -0.4 is 16.4 Å². The number of aliphatic hydroxyl groups excluding tert-OH is 2. The number of aromatic nitrogens is 4. The highest BCUT2D eigenvalue weighted by Gasteiger charge is 2.57. The van der Waals surface area contributed by atoms with Gasteiger partial charge < -0.3 is 50.9 Å². The molecule has 1 saturated heterocycles. The van der Waals surface area contributed by atoms with Crippen molar-refractivity contribution in [2.75, 3.05) is 37.8 Å². The Balaban J connectivity index is 1.51. The van der Waals surface area contributed by atoms with Crippen LogP contribution >= 0.6 is 35.2 Å². The van der Waals surface area contributed by atoms with Crippen molar-refractivity contribution in [1.29, 1.82) is 0 Å². The summed E-state index contributed by atoms with van der Waals surface area (Å²) in [5.41, 5.74) is 2.25. The molecule has 3 rings (SSSR count). The maximum absolute atomic E-state index is 12.7. The van der Waals surface area contributed by atoms with E-state index in [1.54, 1.807) is 0 Å². The fraction of sp³-hybridized carbons (Fsp3) is 0.607. The largest absolute Gasteiger partial charge is 0.481 e. The number of thioether (sulfide) groups is 1. The number of hydrogen-bond acceptors (Lipinski definition) is 19. The maximum atomic E-state index is 12.7. The SMILES string of the molecule is C=CCC(=O)CC(=O)SCCNC(=O)CCNC(=O)C(O)C(C)(C)COP(=O)(O)OP(=O)(O)OCC1OC(C)(n2cnc3c(N)ncnc32)C(O)C1OP(=O)(O)O. The topological polar surface area (TPSA) is 381 Å². The molecule has 7 atom stereocenters. The number of Topliss-reactive ketones (excluding diaryl/α,β-unsaturated/α-hetero) is 1. The second-order valence-corrected chi connectivity index (χ2v) is 18.4. The fourth-order valence-electron chi connectivity index (χ4n) is 5.05. The number of nitrogens with zero attached hydrogens (tertiary/aromatic N) is 4. The van der Waals surface area contributed by atoms with Gasteiger partial charge >= 0.3 is 23.5 Å². The van der Waals surface area contributed by atoms with Gasteiger partial charge in [0.15, 0.2) is 22.3 Å². The molecule has 0 bridgehead atoms. The second-order valence-electron chi connectivity index (χ2n) is 13.1. The van der Waals surface area contributed by atoms with Gasteiger partial charge in [-0.15, -0.1) is 6.58 Å². The van der Waals surface area contributed by atoms with Crippen LogP contribution in [0.4, 0.5) is 5.82 Å². The van der Waals surface area contributed by atoms with E-state index < -0.39 is 84.1 Å². The van der Waals surface area contributed by atoms with E-state index in [-0.39, 0.29) is 66.0 Å². The van der Waals surface area contributed by atoms with E-state index in [0.717, 1.165) is 29.0 Å². The molecule has 3 heterocycles. The number of fused-ring (bicyclic) bond motifs is 1. The number of allylic oxidation sites excluding steroid dienone is 1. The van der Waals surface area contributed by atoms with E-state index in [1.165, 1.54) is 26.8 Å². The zero-order chi connectivity index (χ0) is 43.0. The van der Waals surface area contributed by atoms with E-state index in [2.05, 4.69) is 36.5 Å². The number of carbonyl (C=O) groups is 4. The van der Waals surface area contributed by atoms with E-state index in [4.69, 9.17) is 24.0 Å². The third-order valence-corrected chi connectivity index (χ3v) is 11.9. The van der Waals surface area contributed by atoms with Crippen LogP contribution in [-0.2, 0) is 61.2 Å². The molecule has 1 fully saturated rings. The van der Waals surface area contributed by atoms with Crippen molar-refractivity contribution in [2.45, 2.75) is 70.2 Å². The Morgan fingerprint density at radius 3 is 2.42 bits per heavy atom. The van der Waals surface area contributed by atoms with E-state index in [1.807, 2.05) is 0 Å². The van der Waals surface area contributed by atoms with Crippen LogP contribution in [-0.4, -0.2) is 128 Å². The molecule has 320 valence electrons. The Labute approximate surface area is 328 Å². The minimum atomic E-state index is -5.60. The highest BCUT2D eigenvalue weighted by Crippen LogP contribution is 2.61. The standard InChI is InChI=1S/C28H44N7O18P3S/c1-5-6-16(36)11-19(38)57-10-9-30-18(37)7-8-31-26(41)23(40)27(2,3)13-50-56(47,48)53-55(45,46)49-12-17-21(52-54(42,43)44)22(39)28(4,51-17)35-15-34-20-24(29)32-14-33-25(20)35/h5,14-15,17,21-23,39-40H,1,6-13H2,2-4H3,(H,30,37)(H,31,41)(H,45,46)(H,47,48)(H2,29,32,33)(H2,42,43,44). The van der Waals surface area contributed by atoms with E-state index in [9.17, 15) is 62.7 Å². The van der Waals surface area contributed by atoms with Crippen molar-refractivity contribution < 1.29 is 85.3 Å². The van der Waals surface area contributed by atoms with Gasteiger partial charge in [-0.3, -0.25) is 37.3 Å². The van der Waals surface area contributed by atoms with Gasteiger partial charge in [-0.2, -0.15) is 4.31 Å². The number of ether oxygens (including phenoxy) is 1. The van der Waals surface area contributed by atoms with Crippen LogP contribution in [0, 0.1) is 5.41 Å². The lowest BCUT2D eigenvalue weighted by atomic mass is 9.87. The zero-order valence-corrected chi connectivity index (χ0v) is 34.1.